The van der Waals surface area contributed by atoms with Crippen molar-refractivity contribution >= 4 is 11.7 Å². The number of benzene rings is 1. The Hall–Kier alpha value is -2.50. The van der Waals surface area contributed by atoms with Crippen LogP contribution in [0.2, 0.25) is 0 Å². The van der Waals surface area contributed by atoms with Crippen LogP contribution in [0, 0.1) is 0 Å². The van der Waals surface area contributed by atoms with Crippen LogP contribution >= 0.6 is 0 Å². The molecule has 0 atom stereocenters. The van der Waals surface area contributed by atoms with Gasteiger partial charge in [-0.25, -0.2) is 4.79 Å². The van der Waals surface area contributed by atoms with Crippen molar-refractivity contribution in [3.63, 3.8) is 0 Å². The molecule has 1 aliphatic heterocycles. The van der Waals surface area contributed by atoms with Gasteiger partial charge in [0.15, 0.2) is 5.76 Å². The summed E-state index contributed by atoms with van der Waals surface area (Å²) in [5.74, 6) is 0.118. The number of para-hydroxylation sites is 2. The van der Waals surface area contributed by atoms with Crippen molar-refractivity contribution in [3.05, 3.63) is 41.8 Å². The summed E-state index contributed by atoms with van der Waals surface area (Å²) in [5.41, 5.74) is 1.03. The number of hydrogen-bond donors (Lipinski definition) is 1. The number of aromatic nitrogens is 1. The molecule has 2 aromatic rings. The fourth-order valence-corrected chi connectivity index (χ4v) is 2.12. The third-order valence-corrected chi connectivity index (χ3v) is 3.03. The van der Waals surface area contributed by atoms with E-state index in [2.05, 4.69) is 5.16 Å². The number of nitrogens with zero attached hydrogens (tertiary/aromatic N) is 2. The topological polar surface area (TPSA) is 75.8 Å². The first kappa shape index (κ1) is 11.6. The molecule has 0 unspecified atom stereocenters. The Kier molecular flexibility index (Phi) is 2.83. The summed E-state index contributed by atoms with van der Waals surface area (Å²) in [6.45, 7) is 1.60. The molecule has 1 aliphatic rings. The number of carboxylic acids is 1. The average Bonchev–Trinajstić information content (AvgIpc) is 2.87. The lowest BCUT2D eigenvalue weighted by molar-refractivity contribution is 0.0694. The first-order valence-corrected chi connectivity index (χ1v) is 5.89. The highest BCUT2D eigenvalue weighted by Crippen LogP contribution is 2.32. The largest absolute Gasteiger partial charge is 0.490 e. The second kappa shape index (κ2) is 4.64. The van der Waals surface area contributed by atoms with Crippen LogP contribution in [-0.2, 0) is 6.54 Å². The zero-order valence-electron chi connectivity index (χ0n) is 10.1. The van der Waals surface area contributed by atoms with Crippen molar-refractivity contribution in [2.75, 3.05) is 18.1 Å². The van der Waals surface area contributed by atoms with E-state index in [-0.39, 0.29) is 5.56 Å². The third kappa shape index (κ3) is 2.12. The normalized spacial score (nSPS) is 13.8. The van der Waals surface area contributed by atoms with E-state index in [0.717, 1.165) is 11.4 Å². The predicted octanol–water partition coefficient (Wildman–Crippen LogP) is 1.77. The van der Waals surface area contributed by atoms with Gasteiger partial charge in [0.1, 0.15) is 17.9 Å². The van der Waals surface area contributed by atoms with E-state index in [9.17, 15) is 4.79 Å². The van der Waals surface area contributed by atoms with Crippen LogP contribution in [0.5, 0.6) is 5.75 Å². The van der Waals surface area contributed by atoms with Gasteiger partial charge < -0.3 is 19.3 Å². The van der Waals surface area contributed by atoms with Crippen molar-refractivity contribution in [3.8, 4) is 5.75 Å². The van der Waals surface area contributed by atoms with Crippen LogP contribution < -0.4 is 9.64 Å². The van der Waals surface area contributed by atoms with Crippen LogP contribution in [0.25, 0.3) is 0 Å². The highest BCUT2D eigenvalue weighted by atomic mass is 16.5. The minimum Gasteiger partial charge on any atom is -0.490 e. The highest BCUT2D eigenvalue weighted by molar-refractivity contribution is 5.88. The van der Waals surface area contributed by atoms with Crippen LogP contribution in [0.3, 0.4) is 0 Å². The first-order valence-electron chi connectivity index (χ1n) is 5.89. The Labute approximate surface area is 109 Å². The molecule has 0 spiro atoms. The Bertz CT molecular complexity index is 608. The molecule has 0 saturated carbocycles. The van der Waals surface area contributed by atoms with E-state index in [1.54, 1.807) is 0 Å². The van der Waals surface area contributed by atoms with Gasteiger partial charge in [0.2, 0.25) is 0 Å². The molecule has 6 heteroatoms. The zero-order valence-corrected chi connectivity index (χ0v) is 10.1. The SMILES string of the molecule is O=C(O)c1cnoc1CN1CCOc2ccccc21. The molecule has 1 aromatic heterocycles. The van der Waals surface area contributed by atoms with E-state index in [4.69, 9.17) is 14.4 Å². The summed E-state index contributed by atoms with van der Waals surface area (Å²) >= 11 is 0. The number of aromatic carboxylic acids is 1. The fraction of sp³-hybridized carbons (Fsp3) is 0.231. The van der Waals surface area contributed by atoms with Gasteiger partial charge in [-0.1, -0.05) is 17.3 Å². The van der Waals surface area contributed by atoms with E-state index in [1.807, 2.05) is 29.2 Å². The molecular weight excluding hydrogens is 248 g/mol. The van der Waals surface area contributed by atoms with Gasteiger partial charge in [0.25, 0.3) is 0 Å². The van der Waals surface area contributed by atoms with Gasteiger partial charge in [-0.15, -0.1) is 0 Å². The van der Waals surface area contributed by atoms with Gasteiger partial charge in [-0.05, 0) is 12.1 Å². The molecular formula is C13H12N2O4. The Morgan fingerprint density at radius 3 is 3.11 bits per heavy atom. The van der Waals surface area contributed by atoms with Crippen molar-refractivity contribution in [1.29, 1.82) is 0 Å². The Balaban J connectivity index is 1.89. The van der Waals surface area contributed by atoms with Crippen molar-refractivity contribution in [2.24, 2.45) is 0 Å². The first-order chi connectivity index (χ1) is 9.25. The lowest BCUT2D eigenvalue weighted by Crippen LogP contribution is -2.32. The summed E-state index contributed by atoms with van der Waals surface area (Å²) in [6, 6.07) is 7.64. The van der Waals surface area contributed by atoms with Crippen LogP contribution in [0.4, 0.5) is 5.69 Å². The van der Waals surface area contributed by atoms with E-state index < -0.39 is 5.97 Å². The number of rotatable bonds is 3. The summed E-state index contributed by atoms with van der Waals surface area (Å²) in [6.07, 6.45) is 1.23. The van der Waals surface area contributed by atoms with Gasteiger partial charge in [0.05, 0.1) is 25.0 Å². The summed E-state index contributed by atoms with van der Waals surface area (Å²) in [7, 11) is 0. The van der Waals surface area contributed by atoms with Gasteiger partial charge >= 0.3 is 5.97 Å². The maximum absolute atomic E-state index is 11.0. The highest BCUT2D eigenvalue weighted by Gasteiger charge is 2.22. The van der Waals surface area contributed by atoms with Crippen LogP contribution in [-0.4, -0.2) is 29.4 Å². The smallest absolute Gasteiger partial charge is 0.341 e. The van der Waals surface area contributed by atoms with Gasteiger partial charge in [-0.3, -0.25) is 0 Å². The summed E-state index contributed by atoms with van der Waals surface area (Å²) < 4.78 is 10.6. The molecule has 0 radical (unpaired) electrons. The number of ether oxygens (including phenoxy) is 1. The van der Waals surface area contributed by atoms with Crippen molar-refractivity contribution < 1.29 is 19.2 Å². The maximum atomic E-state index is 11.0. The fourth-order valence-electron chi connectivity index (χ4n) is 2.12. The molecule has 1 aromatic carbocycles. The lowest BCUT2D eigenvalue weighted by atomic mass is 10.2. The van der Waals surface area contributed by atoms with Gasteiger partial charge in [0, 0.05) is 0 Å². The van der Waals surface area contributed by atoms with Crippen molar-refractivity contribution in [1.82, 2.24) is 5.16 Å². The predicted molar refractivity (Wildman–Crippen MR) is 66.4 cm³/mol. The Morgan fingerprint density at radius 2 is 2.26 bits per heavy atom. The Morgan fingerprint density at radius 1 is 1.42 bits per heavy atom. The van der Waals surface area contributed by atoms with Gasteiger partial charge in [-0.2, -0.15) is 0 Å². The summed E-state index contributed by atoms with van der Waals surface area (Å²) in [5, 5.41) is 12.6. The standard InChI is InChI=1S/C13H12N2O4/c16-13(17)9-7-14-19-12(9)8-15-5-6-18-11-4-2-1-3-10(11)15/h1-4,7H,5-6,8H2,(H,16,17). The summed E-state index contributed by atoms with van der Waals surface area (Å²) in [4.78, 5) is 13.0. The quantitative estimate of drug-likeness (QED) is 0.906. The number of carboxylic acid groups (broad SMARTS) is 1. The van der Waals surface area contributed by atoms with Crippen molar-refractivity contribution in [2.45, 2.75) is 6.54 Å². The van der Waals surface area contributed by atoms with E-state index in [1.165, 1.54) is 6.20 Å². The molecule has 19 heavy (non-hydrogen) atoms. The number of carbonyl (C=O) groups is 1. The molecule has 0 fully saturated rings. The van der Waals surface area contributed by atoms with E-state index >= 15 is 0 Å². The second-order valence-electron chi connectivity index (χ2n) is 4.21. The number of hydrogen-bond acceptors (Lipinski definition) is 5. The minimum absolute atomic E-state index is 0.101. The lowest BCUT2D eigenvalue weighted by Gasteiger charge is -2.30. The third-order valence-electron chi connectivity index (χ3n) is 3.03. The molecule has 2 heterocycles. The molecule has 6 nitrogen and oxygen atoms in total. The van der Waals surface area contributed by atoms with Crippen LogP contribution in [0.15, 0.2) is 35.0 Å². The van der Waals surface area contributed by atoms with E-state index in [0.29, 0.717) is 25.5 Å². The second-order valence-corrected chi connectivity index (χ2v) is 4.21. The molecule has 0 aliphatic carbocycles. The molecule has 0 amide bonds. The minimum atomic E-state index is -1.03. The monoisotopic (exact) mass is 260 g/mol. The number of fused-ring (bicyclic) bond motifs is 1. The molecule has 3 rings (SSSR count). The molecule has 0 saturated heterocycles. The number of anilines is 1. The molecule has 98 valence electrons. The molecule has 1 N–H and O–H groups in total. The molecule has 0 bridgehead atoms. The van der Waals surface area contributed by atoms with Crippen LogP contribution in [0.1, 0.15) is 16.1 Å². The average molecular weight is 260 g/mol. The maximum Gasteiger partial charge on any atom is 0.341 e. The zero-order chi connectivity index (χ0) is 13.2.